The first-order valence-electron chi connectivity index (χ1n) is 11.5. The number of hydrogen-bond acceptors (Lipinski definition) is 6. The molecule has 1 saturated carbocycles. The second kappa shape index (κ2) is 9.17. The minimum absolute atomic E-state index is 0.105. The Labute approximate surface area is 202 Å². The summed E-state index contributed by atoms with van der Waals surface area (Å²) in [5.74, 6) is 1.04. The SMILES string of the molecule is COc1cccc(NC(=O)CN(C)C(=O)c2cc(C3CC3)nc3c2c(C)nn3-c2ccccn2)c1. The molecule has 0 saturated heterocycles. The monoisotopic (exact) mass is 470 g/mol. The van der Waals surface area contributed by atoms with E-state index in [-0.39, 0.29) is 18.4 Å². The predicted molar refractivity (Wildman–Crippen MR) is 132 cm³/mol. The number of hydrogen-bond donors (Lipinski definition) is 1. The Morgan fingerprint density at radius 1 is 1.17 bits per heavy atom. The molecule has 9 heteroatoms. The number of methoxy groups -OCH3 is 1. The zero-order chi connectivity index (χ0) is 24.5. The molecular weight excluding hydrogens is 444 g/mol. The van der Waals surface area contributed by atoms with E-state index in [4.69, 9.17) is 9.72 Å². The molecule has 4 aromatic rings. The summed E-state index contributed by atoms with van der Waals surface area (Å²) in [6.45, 7) is 1.75. The van der Waals surface area contributed by atoms with Crippen molar-refractivity contribution in [2.75, 3.05) is 26.0 Å². The average molecular weight is 471 g/mol. The summed E-state index contributed by atoms with van der Waals surface area (Å²) in [6, 6.07) is 14.5. The molecule has 178 valence electrons. The normalized spacial score (nSPS) is 13.0. The van der Waals surface area contributed by atoms with Gasteiger partial charge in [0.1, 0.15) is 5.75 Å². The first kappa shape index (κ1) is 22.5. The highest BCUT2D eigenvalue weighted by molar-refractivity contribution is 6.08. The van der Waals surface area contributed by atoms with Gasteiger partial charge in [-0.05, 0) is 50.1 Å². The molecule has 3 aromatic heterocycles. The van der Waals surface area contributed by atoms with Crippen LogP contribution in [0.15, 0.2) is 54.7 Å². The van der Waals surface area contributed by atoms with Gasteiger partial charge in [0.25, 0.3) is 5.91 Å². The third kappa shape index (κ3) is 4.57. The van der Waals surface area contributed by atoms with Gasteiger partial charge in [0.15, 0.2) is 11.5 Å². The van der Waals surface area contributed by atoms with Crippen molar-refractivity contribution >= 4 is 28.5 Å². The largest absolute Gasteiger partial charge is 0.497 e. The van der Waals surface area contributed by atoms with E-state index in [1.165, 1.54) is 4.90 Å². The molecule has 0 spiro atoms. The molecule has 1 N–H and O–H groups in total. The van der Waals surface area contributed by atoms with Crippen molar-refractivity contribution in [2.24, 2.45) is 0 Å². The Kier molecular flexibility index (Phi) is 5.90. The van der Waals surface area contributed by atoms with Crippen LogP contribution in [0, 0.1) is 6.92 Å². The minimum atomic E-state index is -0.303. The molecule has 0 atom stereocenters. The number of carbonyl (C=O) groups excluding carboxylic acids is 2. The molecule has 0 bridgehead atoms. The van der Waals surface area contributed by atoms with Crippen molar-refractivity contribution in [2.45, 2.75) is 25.7 Å². The highest BCUT2D eigenvalue weighted by Gasteiger charge is 2.30. The van der Waals surface area contributed by atoms with E-state index >= 15 is 0 Å². The van der Waals surface area contributed by atoms with Crippen LogP contribution in [0.5, 0.6) is 5.75 Å². The standard InChI is InChI=1S/C26H26N6O3/c1-16-24-20(26(34)31(2)15-23(33)28-18-7-6-8-19(13-18)35-3)14-21(17-10-11-17)29-25(24)32(30-16)22-9-4-5-12-27-22/h4-9,12-14,17H,10-11,15H2,1-3H3,(H,28,33). The summed E-state index contributed by atoms with van der Waals surface area (Å²) in [4.78, 5) is 37.0. The first-order valence-corrected chi connectivity index (χ1v) is 11.5. The van der Waals surface area contributed by atoms with E-state index in [2.05, 4.69) is 15.4 Å². The van der Waals surface area contributed by atoms with Crippen molar-refractivity contribution in [3.63, 3.8) is 0 Å². The minimum Gasteiger partial charge on any atom is -0.497 e. The van der Waals surface area contributed by atoms with Gasteiger partial charge in [0.2, 0.25) is 5.91 Å². The number of aryl methyl sites for hydroxylation is 1. The van der Waals surface area contributed by atoms with Gasteiger partial charge in [-0.25, -0.2) is 9.97 Å². The number of nitrogens with one attached hydrogen (secondary N) is 1. The number of carbonyl (C=O) groups is 2. The molecule has 2 amide bonds. The molecule has 1 aliphatic carbocycles. The van der Waals surface area contributed by atoms with Gasteiger partial charge in [-0.3, -0.25) is 9.59 Å². The van der Waals surface area contributed by atoms with Crippen LogP contribution in [0.25, 0.3) is 16.9 Å². The molecule has 1 aliphatic rings. The van der Waals surface area contributed by atoms with Crippen LogP contribution >= 0.6 is 0 Å². The summed E-state index contributed by atoms with van der Waals surface area (Å²) in [5.41, 5.74) is 3.24. The number of anilines is 1. The fourth-order valence-electron chi connectivity index (χ4n) is 4.10. The number of pyridine rings is 2. The zero-order valence-corrected chi connectivity index (χ0v) is 19.9. The fourth-order valence-corrected chi connectivity index (χ4v) is 4.10. The van der Waals surface area contributed by atoms with Crippen LogP contribution in [0.4, 0.5) is 5.69 Å². The molecule has 3 heterocycles. The lowest BCUT2D eigenvalue weighted by atomic mass is 10.1. The van der Waals surface area contributed by atoms with E-state index in [0.29, 0.717) is 45.5 Å². The van der Waals surface area contributed by atoms with Crippen LogP contribution < -0.4 is 10.1 Å². The maximum absolute atomic E-state index is 13.6. The van der Waals surface area contributed by atoms with Crippen molar-refractivity contribution in [1.82, 2.24) is 24.6 Å². The van der Waals surface area contributed by atoms with Crippen molar-refractivity contribution in [1.29, 1.82) is 0 Å². The highest BCUT2D eigenvalue weighted by atomic mass is 16.5. The van der Waals surface area contributed by atoms with Gasteiger partial charge < -0.3 is 15.0 Å². The summed E-state index contributed by atoms with van der Waals surface area (Å²) in [7, 11) is 3.19. The Hall–Kier alpha value is -4.27. The zero-order valence-electron chi connectivity index (χ0n) is 19.9. The van der Waals surface area contributed by atoms with E-state index in [1.807, 2.05) is 31.2 Å². The van der Waals surface area contributed by atoms with Gasteiger partial charge >= 0.3 is 0 Å². The molecule has 5 rings (SSSR count). The van der Waals surface area contributed by atoms with Gasteiger partial charge in [0, 0.05) is 36.6 Å². The number of fused-ring (bicyclic) bond motifs is 1. The van der Waals surface area contributed by atoms with Crippen molar-refractivity contribution in [3.8, 4) is 11.6 Å². The quantitative estimate of drug-likeness (QED) is 0.442. The van der Waals surface area contributed by atoms with Crippen molar-refractivity contribution < 1.29 is 14.3 Å². The maximum atomic E-state index is 13.6. The van der Waals surface area contributed by atoms with Crippen LogP contribution in [0.3, 0.4) is 0 Å². The smallest absolute Gasteiger partial charge is 0.254 e. The second-order valence-corrected chi connectivity index (χ2v) is 8.69. The summed E-state index contributed by atoms with van der Waals surface area (Å²) in [6.07, 6.45) is 3.78. The number of likely N-dealkylation sites (N-methyl/N-ethyl adjacent to an activating group) is 1. The van der Waals surface area contributed by atoms with E-state index in [1.54, 1.807) is 49.3 Å². The number of nitrogens with zero attached hydrogens (tertiary/aromatic N) is 5. The molecule has 0 aliphatic heterocycles. The second-order valence-electron chi connectivity index (χ2n) is 8.69. The molecule has 1 fully saturated rings. The summed E-state index contributed by atoms with van der Waals surface area (Å²) in [5, 5.41) is 8.14. The number of benzene rings is 1. The lowest BCUT2D eigenvalue weighted by Crippen LogP contribution is -2.35. The predicted octanol–water partition coefficient (Wildman–Crippen LogP) is 3.72. The number of aromatic nitrogens is 4. The summed E-state index contributed by atoms with van der Waals surface area (Å²) < 4.78 is 6.88. The lowest BCUT2D eigenvalue weighted by molar-refractivity contribution is -0.116. The van der Waals surface area contributed by atoms with E-state index < -0.39 is 0 Å². The number of rotatable bonds is 7. The number of amides is 2. The molecule has 0 unspecified atom stereocenters. The molecule has 9 nitrogen and oxygen atoms in total. The highest BCUT2D eigenvalue weighted by Crippen LogP contribution is 2.40. The Morgan fingerprint density at radius 3 is 2.71 bits per heavy atom. The summed E-state index contributed by atoms with van der Waals surface area (Å²) >= 11 is 0. The van der Waals surface area contributed by atoms with Crippen molar-refractivity contribution in [3.05, 3.63) is 71.7 Å². The van der Waals surface area contributed by atoms with Gasteiger partial charge in [-0.15, -0.1) is 0 Å². The first-order chi connectivity index (χ1) is 16.9. The molecule has 1 aromatic carbocycles. The van der Waals surface area contributed by atoms with Crippen LogP contribution in [-0.2, 0) is 4.79 Å². The third-order valence-corrected chi connectivity index (χ3v) is 6.01. The lowest BCUT2D eigenvalue weighted by Gasteiger charge is -2.18. The Morgan fingerprint density at radius 2 is 2.00 bits per heavy atom. The topological polar surface area (TPSA) is 102 Å². The van der Waals surface area contributed by atoms with Crippen LogP contribution in [0.2, 0.25) is 0 Å². The number of ether oxygens (including phenoxy) is 1. The molecule has 0 radical (unpaired) electrons. The van der Waals surface area contributed by atoms with Crippen LogP contribution in [0.1, 0.15) is 40.5 Å². The molecular formula is C26H26N6O3. The van der Waals surface area contributed by atoms with Gasteiger partial charge in [-0.2, -0.15) is 9.78 Å². The van der Waals surface area contributed by atoms with E-state index in [0.717, 1.165) is 18.5 Å². The van der Waals surface area contributed by atoms with Gasteiger partial charge in [0.05, 0.1) is 30.3 Å². The maximum Gasteiger partial charge on any atom is 0.254 e. The van der Waals surface area contributed by atoms with Crippen LogP contribution in [-0.4, -0.2) is 57.2 Å². The van der Waals surface area contributed by atoms with E-state index in [9.17, 15) is 9.59 Å². The van der Waals surface area contributed by atoms with Gasteiger partial charge in [-0.1, -0.05) is 12.1 Å². The Balaban J connectivity index is 1.45. The fraction of sp³-hybridized carbons (Fsp3) is 0.269. The average Bonchev–Trinajstić information content (AvgIpc) is 3.67. The third-order valence-electron chi connectivity index (χ3n) is 6.01. The Bertz CT molecular complexity index is 1410. The molecule has 35 heavy (non-hydrogen) atoms.